The molecule has 0 amide bonds. The molecule has 1 unspecified atom stereocenters. The molecule has 1 aliphatic carbocycles. The molecule has 3 N–H and O–H groups in total. The normalized spacial score (nSPS) is 15.3. The Morgan fingerprint density at radius 3 is 1.55 bits per heavy atom. The highest BCUT2D eigenvalue weighted by Gasteiger charge is 2.39. The van der Waals surface area contributed by atoms with Crippen LogP contribution in [0.5, 0.6) is 0 Å². The quantitative estimate of drug-likeness (QED) is 0.0738. The van der Waals surface area contributed by atoms with E-state index in [9.17, 15) is 45.4 Å². The molecule has 2 aromatic carbocycles. The lowest BCUT2D eigenvalue weighted by atomic mass is 9.98. The first-order valence-electron chi connectivity index (χ1n) is 19.9. The van der Waals surface area contributed by atoms with Crippen molar-refractivity contribution in [1.82, 2.24) is 18.8 Å². The minimum absolute atomic E-state index is 0.0612. The number of aromatic carboxylic acids is 1. The van der Waals surface area contributed by atoms with E-state index in [4.69, 9.17) is 0 Å². The number of carboxylic acid groups (broad SMARTS) is 1. The minimum Gasteiger partial charge on any atom is -0.478 e. The van der Waals surface area contributed by atoms with Crippen LogP contribution in [0.25, 0.3) is 46.0 Å². The van der Waals surface area contributed by atoms with Crippen LogP contribution in [0.2, 0.25) is 0 Å². The SMILES string of the molecule is C/C=C/c1cc(NCCC(F)(F)F)c2ncc(-c3ccc(C(=O)CC4C[C@@H]4F)c(C)c3)n2c1.C/C=C/c1cc(NCCC(F)(F)F)c2ncc(-c3ccc(C(=O)O)c(C)c3)n2c1. The number of hydrogen-bond donors (Lipinski definition) is 3. The van der Waals surface area contributed by atoms with Crippen LogP contribution in [-0.2, 0) is 0 Å². The number of pyridine rings is 2. The van der Waals surface area contributed by atoms with E-state index in [2.05, 4.69) is 20.6 Å². The number of carbonyl (C=O) groups is 2. The number of alkyl halides is 7. The number of carbonyl (C=O) groups excluding carboxylic acids is 1. The van der Waals surface area contributed by atoms with Gasteiger partial charge >= 0.3 is 18.3 Å². The van der Waals surface area contributed by atoms with E-state index < -0.39 is 37.3 Å². The summed E-state index contributed by atoms with van der Waals surface area (Å²) in [6.45, 7) is 6.76. The Morgan fingerprint density at radius 2 is 1.18 bits per heavy atom. The van der Waals surface area contributed by atoms with Crippen LogP contribution in [-0.4, -0.2) is 67.2 Å². The number of allylic oxidation sites excluding steroid dienone is 2. The van der Waals surface area contributed by atoms with E-state index in [-0.39, 0.29) is 36.8 Å². The van der Waals surface area contributed by atoms with Crippen molar-refractivity contribution in [2.45, 2.75) is 71.9 Å². The second kappa shape index (κ2) is 18.7. The van der Waals surface area contributed by atoms with Gasteiger partial charge in [-0.05, 0) is 86.7 Å². The highest BCUT2D eigenvalue weighted by molar-refractivity contribution is 5.98. The van der Waals surface area contributed by atoms with Gasteiger partial charge in [-0.1, -0.05) is 42.5 Å². The van der Waals surface area contributed by atoms with Gasteiger partial charge in [-0.3, -0.25) is 13.6 Å². The molecule has 0 bridgehead atoms. The summed E-state index contributed by atoms with van der Waals surface area (Å²) >= 11 is 0. The summed E-state index contributed by atoms with van der Waals surface area (Å²) in [5.74, 6) is -1.23. The molecule has 1 fully saturated rings. The van der Waals surface area contributed by atoms with Gasteiger partial charge in [-0.15, -0.1) is 0 Å². The lowest BCUT2D eigenvalue weighted by Gasteiger charge is -2.12. The van der Waals surface area contributed by atoms with Gasteiger partial charge in [0.2, 0.25) is 0 Å². The third-order valence-corrected chi connectivity index (χ3v) is 10.3. The second-order valence-corrected chi connectivity index (χ2v) is 15.1. The van der Waals surface area contributed by atoms with Crippen molar-refractivity contribution < 1.29 is 45.4 Å². The van der Waals surface area contributed by atoms with E-state index in [0.29, 0.717) is 45.9 Å². The van der Waals surface area contributed by atoms with Crippen LogP contribution in [0.3, 0.4) is 0 Å². The molecule has 6 aromatic rings. The predicted octanol–water partition coefficient (Wildman–Crippen LogP) is 12.0. The van der Waals surface area contributed by atoms with Crippen LogP contribution in [0, 0.1) is 19.8 Å². The molecule has 326 valence electrons. The number of halogens is 7. The number of imidazole rings is 2. The highest BCUT2D eigenvalue weighted by atomic mass is 19.4. The molecule has 1 saturated carbocycles. The molecule has 0 radical (unpaired) electrons. The first kappa shape index (κ1) is 45.1. The van der Waals surface area contributed by atoms with Crippen molar-refractivity contribution in [3.63, 3.8) is 0 Å². The number of rotatable bonds is 14. The van der Waals surface area contributed by atoms with Crippen molar-refractivity contribution in [1.29, 1.82) is 0 Å². The number of nitrogens with zero attached hydrogens (tertiary/aromatic N) is 4. The van der Waals surface area contributed by atoms with Gasteiger partial charge in [0.1, 0.15) is 6.17 Å². The van der Waals surface area contributed by atoms with Crippen LogP contribution in [0.4, 0.5) is 42.1 Å². The summed E-state index contributed by atoms with van der Waals surface area (Å²) < 4.78 is 92.1. The standard InChI is InChI=1S/C25H25F4N3O.C21H20F3N3O2/c1-3-4-16-10-21(30-8-7-25(27,28)29)24-31-13-22(32(24)14-16)17-5-6-19(15(2)9-17)23(33)12-18-11-20(18)26;1-3-4-14-10-17(25-8-7-21(22,23)24)19-26-11-18(27(19)12-14)15-5-6-16(20(28)29)13(2)9-15/h3-6,9-10,13-14,18,20,30H,7-8,11-12H2,1-2H3;3-6,9-12,25H,7-8H2,1-2H3,(H,28,29)/b2*4-3+/t18?,20-;/m0./s1. The molecular formula is C46H45F7N6O3. The molecule has 4 aromatic heterocycles. The van der Waals surface area contributed by atoms with E-state index in [1.54, 1.807) is 54.0 Å². The topological polar surface area (TPSA) is 113 Å². The maximum absolute atomic E-state index is 13.2. The number of carboxylic acids is 1. The Morgan fingerprint density at radius 1 is 0.742 bits per heavy atom. The Labute approximate surface area is 353 Å². The summed E-state index contributed by atoms with van der Waals surface area (Å²) in [4.78, 5) is 32.6. The van der Waals surface area contributed by atoms with E-state index >= 15 is 0 Å². The largest absolute Gasteiger partial charge is 0.478 e. The first-order chi connectivity index (χ1) is 29.3. The van der Waals surface area contributed by atoms with E-state index in [1.807, 2.05) is 74.0 Å². The van der Waals surface area contributed by atoms with Crippen LogP contribution >= 0.6 is 0 Å². The predicted molar refractivity (Wildman–Crippen MR) is 227 cm³/mol. The smallest absolute Gasteiger partial charge is 0.390 e. The van der Waals surface area contributed by atoms with E-state index in [0.717, 1.165) is 33.5 Å². The third-order valence-electron chi connectivity index (χ3n) is 10.3. The highest BCUT2D eigenvalue weighted by Crippen LogP contribution is 2.38. The fraction of sp³-hybridized carbons (Fsp3) is 0.304. The maximum atomic E-state index is 13.2. The number of fused-ring (bicyclic) bond motifs is 2. The summed E-state index contributed by atoms with van der Waals surface area (Å²) in [6, 6.07) is 14.0. The minimum atomic E-state index is -4.24. The molecule has 16 heteroatoms. The molecule has 7 rings (SSSR count). The van der Waals surface area contributed by atoms with Gasteiger partial charge in [-0.25, -0.2) is 19.2 Å². The average Bonchev–Trinajstić information content (AvgIpc) is 3.51. The molecule has 0 aliphatic heterocycles. The zero-order valence-electron chi connectivity index (χ0n) is 34.3. The van der Waals surface area contributed by atoms with Crippen molar-refractivity contribution in [3.05, 3.63) is 119 Å². The number of aryl methyl sites for hydroxylation is 2. The summed E-state index contributed by atoms with van der Waals surface area (Å²) in [5, 5.41) is 14.9. The zero-order valence-corrected chi connectivity index (χ0v) is 34.3. The second-order valence-electron chi connectivity index (χ2n) is 15.1. The Hall–Kier alpha value is -6.45. The summed E-state index contributed by atoms with van der Waals surface area (Å²) in [5.41, 5.74) is 8.87. The zero-order chi connectivity index (χ0) is 44.9. The van der Waals surface area contributed by atoms with Gasteiger partial charge in [-0.2, -0.15) is 26.3 Å². The van der Waals surface area contributed by atoms with Gasteiger partial charge in [0, 0.05) is 54.5 Å². The number of ketones is 1. The number of nitrogens with one attached hydrogen (secondary N) is 2. The van der Waals surface area contributed by atoms with Gasteiger partial charge in [0.15, 0.2) is 17.1 Å². The third kappa shape index (κ3) is 11.1. The van der Waals surface area contributed by atoms with Crippen LogP contribution in [0.1, 0.15) is 82.5 Å². The Balaban J connectivity index is 0.000000209. The number of hydrogen-bond acceptors (Lipinski definition) is 6. The Kier molecular flexibility index (Phi) is 13.6. The molecule has 4 heterocycles. The number of anilines is 2. The maximum Gasteiger partial charge on any atom is 0.390 e. The monoisotopic (exact) mass is 862 g/mol. The summed E-state index contributed by atoms with van der Waals surface area (Å²) in [7, 11) is 0. The number of aromatic nitrogens is 4. The van der Waals surface area contributed by atoms with Crippen molar-refractivity contribution in [2.24, 2.45) is 5.92 Å². The first-order valence-corrected chi connectivity index (χ1v) is 19.9. The molecule has 62 heavy (non-hydrogen) atoms. The Bertz CT molecular complexity index is 2660. The van der Waals surface area contributed by atoms with Crippen molar-refractivity contribution in [2.75, 3.05) is 23.7 Å². The van der Waals surface area contributed by atoms with Crippen molar-refractivity contribution >= 4 is 46.6 Å². The molecule has 1 aliphatic rings. The van der Waals surface area contributed by atoms with E-state index in [1.165, 1.54) is 6.07 Å². The number of Topliss-reactive ketones (excluding diaryl/α,β-unsaturated/α-hetero) is 1. The molecule has 0 spiro atoms. The van der Waals surface area contributed by atoms with Crippen molar-refractivity contribution in [3.8, 4) is 22.5 Å². The number of benzene rings is 2. The molecule has 9 nitrogen and oxygen atoms in total. The van der Waals surface area contributed by atoms with Gasteiger partial charge in [0.05, 0.1) is 53.6 Å². The van der Waals surface area contributed by atoms with Gasteiger partial charge in [0.25, 0.3) is 0 Å². The molecule has 0 saturated heterocycles. The molecule has 2 atom stereocenters. The van der Waals surface area contributed by atoms with Crippen LogP contribution in [0.15, 0.2) is 85.5 Å². The van der Waals surface area contributed by atoms with Gasteiger partial charge < -0.3 is 15.7 Å². The fourth-order valence-corrected chi connectivity index (χ4v) is 7.12. The molecular weight excluding hydrogens is 818 g/mol. The fourth-order valence-electron chi connectivity index (χ4n) is 7.12. The lowest BCUT2D eigenvalue weighted by Crippen LogP contribution is -2.15. The summed E-state index contributed by atoms with van der Waals surface area (Å²) in [6.07, 6.45) is 3.83. The lowest BCUT2D eigenvalue weighted by molar-refractivity contribution is -0.132. The average molecular weight is 863 g/mol. The van der Waals surface area contributed by atoms with Crippen LogP contribution < -0.4 is 10.6 Å².